The fraction of sp³-hybridized carbons (Fsp3) is 0.667. The molecular weight excluding hydrogens is 282 g/mol. The molecule has 0 spiro atoms. The summed E-state index contributed by atoms with van der Waals surface area (Å²) in [7, 11) is 0. The maximum Gasteiger partial charge on any atom is 0.123 e. The summed E-state index contributed by atoms with van der Waals surface area (Å²) in [5, 5.41) is 0.817. The zero-order valence-electron chi connectivity index (χ0n) is 14.5. The largest absolute Gasteiger partial charge is 0.492 e. The molecule has 0 amide bonds. The molecule has 0 aromatic heterocycles. The summed E-state index contributed by atoms with van der Waals surface area (Å²) in [4.78, 5) is 2.44. The minimum absolute atomic E-state index is 0.407. The second kappa shape index (κ2) is 8.05. The van der Waals surface area contributed by atoms with Gasteiger partial charge in [0.25, 0.3) is 0 Å². The second-order valence-corrected chi connectivity index (χ2v) is 6.97. The van der Waals surface area contributed by atoms with Crippen LogP contribution in [0.2, 0.25) is 5.02 Å². The van der Waals surface area contributed by atoms with Gasteiger partial charge in [0.1, 0.15) is 12.4 Å². The number of nitrogens with zero attached hydrogens (tertiary/aromatic N) is 1. The molecule has 0 saturated heterocycles. The van der Waals surface area contributed by atoms with Crippen molar-refractivity contribution in [2.24, 2.45) is 0 Å². The van der Waals surface area contributed by atoms with E-state index >= 15 is 0 Å². The highest BCUT2D eigenvalue weighted by Gasteiger charge is 2.15. The Labute approximate surface area is 135 Å². The third-order valence-corrected chi connectivity index (χ3v) is 4.25. The second-order valence-electron chi connectivity index (χ2n) is 6.57. The highest BCUT2D eigenvalue weighted by atomic mass is 35.5. The number of hydrogen-bond donors (Lipinski definition) is 0. The standard InChI is InChI=1S/C18H30ClNO/c1-12(2)16-11-17(19)15(7)10-18(16)21-9-8-20(13(3)4)14(5)6/h10-14H,8-9H2,1-7H3. The first-order valence-electron chi connectivity index (χ1n) is 7.92. The Balaban J connectivity index is 2.77. The van der Waals surface area contributed by atoms with Crippen molar-refractivity contribution in [3.05, 3.63) is 28.3 Å². The lowest BCUT2D eigenvalue weighted by Gasteiger charge is -2.30. The van der Waals surface area contributed by atoms with E-state index in [0.29, 0.717) is 24.6 Å². The summed E-state index contributed by atoms with van der Waals surface area (Å²) in [6.07, 6.45) is 0. The Bertz CT molecular complexity index is 447. The molecule has 0 N–H and O–H groups in total. The smallest absolute Gasteiger partial charge is 0.123 e. The maximum absolute atomic E-state index is 6.23. The molecule has 1 rings (SSSR count). The van der Waals surface area contributed by atoms with Crippen molar-refractivity contribution in [3.63, 3.8) is 0 Å². The number of halogens is 1. The quantitative estimate of drug-likeness (QED) is 0.680. The van der Waals surface area contributed by atoms with Crippen molar-refractivity contribution >= 4 is 11.6 Å². The number of hydrogen-bond acceptors (Lipinski definition) is 2. The molecule has 0 fully saturated rings. The van der Waals surface area contributed by atoms with Crippen molar-refractivity contribution < 1.29 is 4.74 Å². The van der Waals surface area contributed by atoms with Gasteiger partial charge in [0.15, 0.2) is 0 Å². The topological polar surface area (TPSA) is 12.5 Å². The van der Waals surface area contributed by atoms with E-state index in [-0.39, 0.29) is 0 Å². The minimum Gasteiger partial charge on any atom is -0.492 e. The van der Waals surface area contributed by atoms with Crippen LogP contribution in [0.5, 0.6) is 5.75 Å². The fourth-order valence-corrected chi connectivity index (χ4v) is 2.79. The molecule has 0 atom stereocenters. The first kappa shape index (κ1) is 18.3. The zero-order chi connectivity index (χ0) is 16.2. The lowest BCUT2D eigenvalue weighted by molar-refractivity contribution is 0.141. The highest BCUT2D eigenvalue weighted by molar-refractivity contribution is 6.31. The summed E-state index contributed by atoms with van der Waals surface area (Å²) in [6.45, 7) is 16.9. The fourth-order valence-electron chi connectivity index (χ4n) is 2.62. The van der Waals surface area contributed by atoms with E-state index in [4.69, 9.17) is 16.3 Å². The van der Waals surface area contributed by atoms with E-state index in [9.17, 15) is 0 Å². The SMILES string of the molecule is Cc1cc(OCCN(C(C)C)C(C)C)c(C(C)C)cc1Cl. The van der Waals surface area contributed by atoms with Gasteiger partial charge in [-0.3, -0.25) is 4.90 Å². The van der Waals surface area contributed by atoms with Crippen LogP contribution in [0.4, 0.5) is 0 Å². The van der Waals surface area contributed by atoms with E-state index in [0.717, 1.165) is 22.9 Å². The van der Waals surface area contributed by atoms with Gasteiger partial charge < -0.3 is 4.74 Å². The molecule has 120 valence electrons. The van der Waals surface area contributed by atoms with Crippen LogP contribution in [0.25, 0.3) is 0 Å². The van der Waals surface area contributed by atoms with Gasteiger partial charge in [-0.15, -0.1) is 0 Å². The van der Waals surface area contributed by atoms with Crippen LogP contribution < -0.4 is 4.74 Å². The zero-order valence-corrected chi connectivity index (χ0v) is 15.3. The molecule has 0 aliphatic carbocycles. The first-order chi connectivity index (χ1) is 9.73. The van der Waals surface area contributed by atoms with Gasteiger partial charge in [0.2, 0.25) is 0 Å². The third kappa shape index (κ3) is 5.19. The van der Waals surface area contributed by atoms with E-state index in [1.807, 2.05) is 13.0 Å². The molecular formula is C18H30ClNO. The normalized spacial score (nSPS) is 12.0. The summed E-state index contributed by atoms with van der Waals surface area (Å²) in [5.74, 6) is 1.38. The molecule has 3 heteroatoms. The Morgan fingerprint density at radius 2 is 1.62 bits per heavy atom. The van der Waals surface area contributed by atoms with Crippen LogP contribution in [0.15, 0.2) is 12.1 Å². The van der Waals surface area contributed by atoms with Crippen molar-refractivity contribution in [1.82, 2.24) is 4.90 Å². The summed E-state index contributed by atoms with van der Waals surface area (Å²) in [6, 6.07) is 5.17. The number of benzene rings is 1. The summed E-state index contributed by atoms with van der Waals surface area (Å²) in [5.41, 5.74) is 2.26. The molecule has 0 aliphatic rings. The minimum atomic E-state index is 0.407. The van der Waals surface area contributed by atoms with Gasteiger partial charge in [-0.1, -0.05) is 25.4 Å². The molecule has 1 aromatic carbocycles. The van der Waals surface area contributed by atoms with E-state index < -0.39 is 0 Å². The Kier molecular flexibility index (Phi) is 7.02. The van der Waals surface area contributed by atoms with Crippen molar-refractivity contribution in [3.8, 4) is 5.75 Å². The molecule has 0 unspecified atom stereocenters. The van der Waals surface area contributed by atoms with Gasteiger partial charge in [-0.25, -0.2) is 0 Å². The number of ether oxygens (including phenoxy) is 1. The lowest BCUT2D eigenvalue weighted by atomic mass is 10.0. The Hall–Kier alpha value is -0.730. The monoisotopic (exact) mass is 311 g/mol. The predicted octanol–water partition coefficient (Wildman–Crippen LogP) is 5.27. The molecule has 0 saturated carbocycles. The average molecular weight is 312 g/mol. The van der Waals surface area contributed by atoms with Gasteiger partial charge in [0, 0.05) is 23.7 Å². The van der Waals surface area contributed by atoms with Gasteiger partial charge in [0.05, 0.1) is 0 Å². The van der Waals surface area contributed by atoms with Crippen LogP contribution >= 0.6 is 11.6 Å². The Morgan fingerprint density at radius 3 is 2.10 bits per heavy atom. The summed E-state index contributed by atoms with van der Waals surface area (Å²) < 4.78 is 6.06. The lowest BCUT2D eigenvalue weighted by Crippen LogP contribution is -2.39. The summed E-state index contributed by atoms with van der Waals surface area (Å²) >= 11 is 6.23. The van der Waals surface area contributed by atoms with E-state index in [1.165, 1.54) is 5.56 Å². The van der Waals surface area contributed by atoms with Crippen LogP contribution in [-0.2, 0) is 0 Å². The van der Waals surface area contributed by atoms with E-state index in [2.05, 4.69) is 52.5 Å². The molecule has 2 nitrogen and oxygen atoms in total. The van der Waals surface area contributed by atoms with Crippen molar-refractivity contribution in [2.75, 3.05) is 13.2 Å². The number of rotatable bonds is 7. The van der Waals surface area contributed by atoms with Crippen LogP contribution in [0.1, 0.15) is 58.6 Å². The molecule has 0 aliphatic heterocycles. The van der Waals surface area contributed by atoms with Crippen LogP contribution in [-0.4, -0.2) is 30.1 Å². The highest BCUT2D eigenvalue weighted by Crippen LogP contribution is 2.32. The molecule has 0 heterocycles. The van der Waals surface area contributed by atoms with Crippen molar-refractivity contribution in [2.45, 2.75) is 66.5 Å². The van der Waals surface area contributed by atoms with Crippen molar-refractivity contribution in [1.29, 1.82) is 0 Å². The Morgan fingerprint density at radius 1 is 1.05 bits per heavy atom. The third-order valence-electron chi connectivity index (χ3n) is 3.85. The van der Waals surface area contributed by atoms with Crippen LogP contribution in [0, 0.1) is 6.92 Å². The predicted molar refractivity (Wildman–Crippen MR) is 92.8 cm³/mol. The molecule has 21 heavy (non-hydrogen) atoms. The van der Waals surface area contributed by atoms with Crippen LogP contribution in [0.3, 0.4) is 0 Å². The van der Waals surface area contributed by atoms with Gasteiger partial charge >= 0.3 is 0 Å². The first-order valence-corrected chi connectivity index (χ1v) is 8.30. The maximum atomic E-state index is 6.23. The molecule has 1 aromatic rings. The molecule has 0 radical (unpaired) electrons. The number of aryl methyl sites for hydroxylation is 1. The molecule has 0 bridgehead atoms. The van der Waals surface area contributed by atoms with E-state index in [1.54, 1.807) is 0 Å². The van der Waals surface area contributed by atoms with Gasteiger partial charge in [-0.05, 0) is 63.8 Å². The van der Waals surface area contributed by atoms with Gasteiger partial charge in [-0.2, -0.15) is 0 Å². The average Bonchev–Trinajstić information content (AvgIpc) is 2.36.